The molecule has 1 heterocycles. The van der Waals surface area contributed by atoms with Crippen LogP contribution in [0.2, 0.25) is 0 Å². The van der Waals surface area contributed by atoms with Crippen LogP contribution in [0, 0.1) is 5.82 Å². The number of nitrogens with zero attached hydrogens (tertiary/aromatic N) is 4. The Morgan fingerprint density at radius 2 is 1.80 bits per heavy atom. The van der Waals surface area contributed by atoms with Gasteiger partial charge in [-0.1, -0.05) is 54.6 Å². The number of hydrogen-bond acceptors (Lipinski definition) is 6. The molecule has 41 heavy (non-hydrogen) atoms. The normalized spacial score (nSPS) is 13.8. The first-order valence-electron chi connectivity index (χ1n) is 13.3. The third-order valence-corrected chi connectivity index (χ3v) is 7.89. The average molecular weight is 580 g/mol. The highest BCUT2D eigenvalue weighted by atomic mass is 32.2. The summed E-state index contributed by atoms with van der Waals surface area (Å²) < 4.78 is 41.4. The number of aliphatic hydroxyl groups is 1. The maximum atomic E-state index is 13.4. The lowest BCUT2D eigenvalue weighted by atomic mass is 9.94. The zero-order valence-electron chi connectivity index (χ0n) is 23.5. The van der Waals surface area contributed by atoms with Gasteiger partial charge in [-0.3, -0.25) is 9.10 Å². The van der Waals surface area contributed by atoms with Crippen molar-refractivity contribution in [3.63, 3.8) is 0 Å². The van der Waals surface area contributed by atoms with Gasteiger partial charge in [0, 0.05) is 18.5 Å². The zero-order valence-corrected chi connectivity index (χ0v) is 24.3. The van der Waals surface area contributed by atoms with Gasteiger partial charge in [-0.25, -0.2) is 17.5 Å². The number of carbonyl (C=O) groups excluding carboxylic acids is 1. The fourth-order valence-corrected chi connectivity index (χ4v) is 5.53. The van der Waals surface area contributed by atoms with Crippen molar-refractivity contribution in [2.24, 2.45) is 0 Å². The first-order chi connectivity index (χ1) is 19.4. The zero-order chi connectivity index (χ0) is 29.8. The molecular formula is C30H34FN5O4S. The van der Waals surface area contributed by atoms with Gasteiger partial charge < -0.3 is 10.4 Å². The SMILES string of the molecule is CCCN(c1cc(C(=O)N[C@H](C)c2ccc(F)cc2)cc(-n2cc(C(C)(O)Cc3ccccc3)nn2)c1)S(C)(=O)=O. The third kappa shape index (κ3) is 7.36. The van der Waals surface area contributed by atoms with Crippen LogP contribution in [0.3, 0.4) is 0 Å². The molecule has 0 aliphatic heterocycles. The van der Waals surface area contributed by atoms with Gasteiger partial charge in [-0.15, -0.1) is 5.10 Å². The molecule has 1 unspecified atom stereocenters. The molecule has 0 saturated heterocycles. The van der Waals surface area contributed by atoms with Crippen molar-refractivity contribution in [1.82, 2.24) is 20.3 Å². The van der Waals surface area contributed by atoms with Crippen LogP contribution >= 0.6 is 0 Å². The summed E-state index contributed by atoms with van der Waals surface area (Å²) in [7, 11) is -3.66. The van der Waals surface area contributed by atoms with Crippen LogP contribution in [-0.4, -0.2) is 47.2 Å². The fourth-order valence-electron chi connectivity index (χ4n) is 4.53. The molecule has 0 bridgehead atoms. The summed E-state index contributed by atoms with van der Waals surface area (Å²) in [5, 5.41) is 22.5. The quantitative estimate of drug-likeness (QED) is 0.270. The van der Waals surface area contributed by atoms with E-state index >= 15 is 0 Å². The molecule has 1 aromatic heterocycles. The molecule has 0 saturated carbocycles. The molecule has 9 nitrogen and oxygen atoms in total. The Hall–Kier alpha value is -4.09. The summed E-state index contributed by atoms with van der Waals surface area (Å²) in [5.41, 5.74) is 1.50. The van der Waals surface area contributed by atoms with Gasteiger partial charge in [-0.05, 0) is 61.7 Å². The number of halogens is 1. The highest BCUT2D eigenvalue weighted by Gasteiger charge is 2.28. The Bertz CT molecular complexity index is 1610. The van der Waals surface area contributed by atoms with Crippen LogP contribution in [0.25, 0.3) is 5.69 Å². The van der Waals surface area contributed by atoms with Crippen LogP contribution in [0.4, 0.5) is 10.1 Å². The van der Waals surface area contributed by atoms with E-state index in [-0.39, 0.29) is 17.9 Å². The molecule has 4 rings (SSSR count). The van der Waals surface area contributed by atoms with Crippen molar-refractivity contribution >= 4 is 21.6 Å². The number of hydrogen-bond donors (Lipinski definition) is 2. The van der Waals surface area contributed by atoms with E-state index in [0.717, 1.165) is 11.8 Å². The van der Waals surface area contributed by atoms with E-state index in [2.05, 4.69) is 15.6 Å². The predicted octanol–water partition coefficient (Wildman–Crippen LogP) is 4.52. The Morgan fingerprint density at radius 1 is 1.12 bits per heavy atom. The molecule has 0 aliphatic rings. The van der Waals surface area contributed by atoms with Crippen molar-refractivity contribution in [3.8, 4) is 5.69 Å². The van der Waals surface area contributed by atoms with Gasteiger partial charge in [0.25, 0.3) is 5.91 Å². The largest absolute Gasteiger partial charge is 0.383 e. The summed E-state index contributed by atoms with van der Waals surface area (Å²) in [5.74, 6) is -0.831. The van der Waals surface area contributed by atoms with Gasteiger partial charge in [0.2, 0.25) is 10.0 Å². The topological polar surface area (TPSA) is 117 Å². The number of aromatic nitrogens is 3. The number of benzene rings is 3. The lowest BCUT2D eigenvalue weighted by Gasteiger charge is -2.23. The lowest BCUT2D eigenvalue weighted by Crippen LogP contribution is -2.31. The molecule has 0 radical (unpaired) electrons. The Kier molecular flexibility index (Phi) is 8.89. The second-order valence-corrected chi connectivity index (χ2v) is 12.2. The van der Waals surface area contributed by atoms with E-state index in [1.54, 1.807) is 44.3 Å². The van der Waals surface area contributed by atoms with E-state index in [9.17, 15) is 22.7 Å². The fraction of sp³-hybridized carbons (Fsp3) is 0.300. The molecule has 4 aromatic rings. The van der Waals surface area contributed by atoms with E-state index in [4.69, 9.17) is 0 Å². The monoisotopic (exact) mass is 579 g/mol. The van der Waals surface area contributed by atoms with Crippen molar-refractivity contribution in [3.05, 3.63) is 107 Å². The number of anilines is 1. The summed E-state index contributed by atoms with van der Waals surface area (Å²) in [4.78, 5) is 13.4. The minimum atomic E-state index is -3.66. The summed E-state index contributed by atoms with van der Waals surface area (Å²) in [6.45, 7) is 5.49. The van der Waals surface area contributed by atoms with Gasteiger partial charge in [0.1, 0.15) is 17.1 Å². The van der Waals surface area contributed by atoms with Gasteiger partial charge in [-0.2, -0.15) is 0 Å². The number of rotatable bonds is 11. The highest BCUT2D eigenvalue weighted by Crippen LogP contribution is 2.27. The van der Waals surface area contributed by atoms with Crippen molar-refractivity contribution in [2.75, 3.05) is 17.1 Å². The van der Waals surface area contributed by atoms with Crippen LogP contribution in [0.1, 0.15) is 60.4 Å². The Labute approximate surface area is 239 Å². The summed E-state index contributed by atoms with van der Waals surface area (Å²) >= 11 is 0. The highest BCUT2D eigenvalue weighted by molar-refractivity contribution is 7.92. The minimum absolute atomic E-state index is 0.198. The standard InChI is InChI=1S/C30H34FN5O4S/c1-5-15-36(41(4,39)40)27-17-24(29(37)32-21(2)23-11-13-25(31)14-12-23)16-26(18-27)35-20-28(33-34-35)30(3,38)19-22-9-7-6-8-10-22/h6-14,16-18,20-21,38H,5,15,19H2,1-4H3,(H,32,37)/t21-,30?/m1/s1. The molecule has 0 fully saturated rings. The van der Waals surface area contributed by atoms with Crippen LogP contribution in [0.5, 0.6) is 0 Å². The molecule has 2 N–H and O–H groups in total. The Morgan fingerprint density at radius 3 is 2.44 bits per heavy atom. The van der Waals surface area contributed by atoms with Crippen molar-refractivity contribution < 1.29 is 22.7 Å². The first kappa shape index (κ1) is 29.9. The smallest absolute Gasteiger partial charge is 0.251 e. The first-order valence-corrected chi connectivity index (χ1v) is 15.1. The second kappa shape index (κ2) is 12.2. The second-order valence-electron chi connectivity index (χ2n) is 10.3. The van der Waals surface area contributed by atoms with Crippen molar-refractivity contribution in [2.45, 2.75) is 45.3 Å². The molecule has 0 aliphatic carbocycles. The molecule has 0 spiro atoms. The maximum absolute atomic E-state index is 13.4. The lowest BCUT2D eigenvalue weighted by molar-refractivity contribution is 0.0529. The summed E-state index contributed by atoms with van der Waals surface area (Å²) in [6, 6.07) is 19.6. The average Bonchev–Trinajstić information content (AvgIpc) is 3.43. The van der Waals surface area contributed by atoms with Gasteiger partial charge in [0.05, 0.1) is 29.9 Å². The number of amides is 1. The van der Waals surface area contributed by atoms with Crippen molar-refractivity contribution in [1.29, 1.82) is 0 Å². The predicted molar refractivity (Wildman–Crippen MR) is 156 cm³/mol. The number of carbonyl (C=O) groups is 1. The van der Waals surface area contributed by atoms with Gasteiger partial charge in [0.15, 0.2) is 0 Å². The molecule has 216 valence electrons. The summed E-state index contributed by atoms with van der Waals surface area (Å²) in [6.07, 6.45) is 3.53. The molecule has 2 atom stereocenters. The van der Waals surface area contributed by atoms with E-state index in [1.807, 2.05) is 37.3 Å². The molecule has 1 amide bonds. The minimum Gasteiger partial charge on any atom is -0.383 e. The third-order valence-electron chi connectivity index (χ3n) is 6.70. The Balaban J connectivity index is 1.71. The van der Waals surface area contributed by atoms with E-state index < -0.39 is 27.6 Å². The van der Waals surface area contributed by atoms with Crippen LogP contribution in [-0.2, 0) is 22.0 Å². The molecular weight excluding hydrogens is 545 g/mol. The number of sulfonamides is 1. The van der Waals surface area contributed by atoms with E-state index in [1.165, 1.54) is 27.2 Å². The molecule has 11 heteroatoms. The van der Waals surface area contributed by atoms with Gasteiger partial charge >= 0.3 is 0 Å². The van der Waals surface area contributed by atoms with Crippen LogP contribution in [0.15, 0.2) is 79.0 Å². The maximum Gasteiger partial charge on any atom is 0.251 e. The number of nitrogens with one attached hydrogen (secondary N) is 1. The molecule has 3 aromatic carbocycles. The van der Waals surface area contributed by atoms with E-state index in [0.29, 0.717) is 35.5 Å². The van der Waals surface area contributed by atoms with Crippen LogP contribution < -0.4 is 9.62 Å².